The van der Waals surface area contributed by atoms with Crippen LogP contribution in [0.2, 0.25) is 0 Å². The van der Waals surface area contributed by atoms with Crippen molar-refractivity contribution in [2.45, 2.75) is 242 Å². The minimum Gasteiger partial charge on any atom is -0.497 e. The van der Waals surface area contributed by atoms with Gasteiger partial charge in [-0.25, -0.2) is 9.59 Å². The Kier molecular flexibility index (Phi) is 38.1. The Hall–Kier alpha value is -9.46. The molecule has 0 spiro atoms. The smallest absolute Gasteiger partial charge is 0.337 e. The molecule has 0 radical (unpaired) electrons. The molecule has 1 aliphatic heterocycles. The SMILES string of the molecule is CC(C)(C)c1ccc(C(N)=O)cc1.CC(C)(C)c1ccc2c(c1)OCCO2.CC(C)(C)c1cccc(CO)c1.CC(C)(C)c1ccccc1.COC(=O)c1ccc(C(C)(C)C)cc1.COC(=O)c1cccc(C(C)(C)C)c1.COc1ccc(C(C)(C)C)cc1.COc1cccc(C(C)(C)C)c1.Cn1cc(C(C)(C)C)cn1. The number of amides is 1. The molecule has 0 atom stereocenters. The maximum absolute atomic E-state index is 11.3. The molecule has 10 rings (SSSR count). The number of hydrogen-bond donors (Lipinski definition) is 2. The van der Waals surface area contributed by atoms with Crippen LogP contribution in [0, 0.1) is 0 Å². The van der Waals surface area contributed by atoms with E-state index in [9.17, 15) is 14.4 Å². The summed E-state index contributed by atoms with van der Waals surface area (Å²) in [7, 11) is 8.11. The quantitative estimate of drug-likeness (QED) is 0.152. The molecular weight excluding hydrogens is 1380 g/mol. The molecule has 9 aromatic rings. The summed E-state index contributed by atoms with van der Waals surface area (Å²) >= 11 is 0. The average molecular weight is 1520 g/mol. The minimum atomic E-state index is -0.375. The molecular formula is C98H139N3O10. The fourth-order valence-corrected chi connectivity index (χ4v) is 10.2. The number of ether oxygens (including phenoxy) is 6. The summed E-state index contributed by atoms with van der Waals surface area (Å²) < 4.78 is 32.4. The summed E-state index contributed by atoms with van der Waals surface area (Å²) in [6.45, 7) is 60.1. The number of fused-ring (bicyclic) bond motifs is 1. The highest BCUT2D eigenvalue weighted by molar-refractivity contribution is 5.93. The average Bonchev–Trinajstić information content (AvgIpc) is 1.35. The monoisotopic (exact) mass is 1520 g/mol. The van der Waals surface area contributed by atoms with E-state index >= 15 is 0 Å². The second kappa shape index (κ2) is 43.4. The standard InChI is InChI=1S/3C12H16O2.C11H15NO.3C11H16O.C10H14.C8H14N2/c1-12(2,3)9-4-5-10-11(8-9)14-7-6-13-10;1-12(2,3)10-7-5-9(6-8-10)11(13)14-4;1-12(2,3)10-7-5-6-9(8-10)11(13)14-4;1-11(2,3)9-6-4-8(5-7-9)10(12)13;1-11(2,3)9-5-7-10(12-4)8-6-9;1-11(2,3)9-6-5-7-10(8-9)12-4;1-11(2,3)10-6-4-5-9(7-10)8-12;1-10(2,3)9-7-5-4-6-8-9;1-8(2,3)7-5-9-10(4)6-7/h4-5,8H,6-7H2,1-3H3;2*5-8H,1-4H3;4-7H,1-3H3,(H2,12,13);2*5-8H,1-4H3;4-7,12H,8H2,1-3H3;4-8H,1-3H3;5-6H,1-4H3. The van der Waals surface area contributed by atoms with E-state index in [1.54, 1.807) is 44.6 Å². The third-order valence-corrected chi connectivity index (χ3v) is 17.8. The number of nitrogens with zero attached hydrogens (tertiary/aromatic N) is 2. The lowest BCUT2D eigenvalue weighted by Gasteiger charge is -2.23. The predicted octanol–water partition coefficient (Wildman–Crippen LogP) is 23.5. The molecule has 0 bridgehead atoms. The molecule has 13 nitrogen and oxygen atoms in total. The van der Waals surface area contributed by atoms with E-state index in [-0.39, 0.29) is 67.8 Å². The van der Waals surface area contributed by atoms with Crippen LogP contribution < -0.4 is 24.7 Å². The molecule has 0 aliphatic carbocycles. The second-order valence-corrected chi connectivity index (χ2v) is 36.8. The van der Waals surface area contributed by atoms with E-state index in [0.29, 0.717) is 35.3 Å². The van der Waals surface area contributed by atoms with Crippen molar-refractivity contribution in [1.29, 1.82) is 0 Å². The van der Waals surface area contributed by atoms with Crippen LogP contribution in [0.25, 0.3) is 0 Å². The van der Waals surface area contributed by atoms with Crippen LogP contribution >= 0.6 is 0 Å². The van der Waals surface area contributed by atoms with Crippen molar-refractivity contribution in [3.05, 3.63) is 279 Å². The van der Waals surface area contributed by atoms with E-state index in [1.807, 2.05) is 103 Å². The predicted molar refractivity (Wildman–Crippen MR) is 464 cm³/mol. The van der Waals surface area contributed by atoms with Crippen molar-refractivity contribution in [1.82, 2.24) is 9.78 Å². The van der Waals surface area contributed by atoms with Gasteiger partial charge in [0.25, 0.3) is 0 Å². The molecule has 1 aliphatic rings. The van der Waals surface area contributed by atoms with E-state index in [1.165, 1.54) is 58.7 Å². The van der Waals surface area contributed by atoms with Crippen LogP contribution in [0.15, 0.2) is 207 Å². The largest absolute Gasteiger partial charge is 0.497 e. The first-order valence-corrected chi connectivity index (χ1v) is 38.3. The molecule has 0 unspecified atom stereocenters. The number of nitrogens with two attached hydrogens (primary N) is 1. The van der Waals surface area contributed by atoms with Gasteiger partial charge in [-0.3, -0.25) is 9.48 Å². The summed E-state index contributed by atoms with van der Waals surface area (Å²) in [6.07, 6.45) is 3.97. The van der Waals surface area contributed by atoms with Gasteiger partial charge in [-0.1, -0.05) is 308 Å². The molecule has 2 heterocycles. The number of benzene rings is 8. The van der Waals surface area contributed by atoms with Gasteiger partial charge in [-0.2, -0.15) is 5.10 Å². The topological polar surface area (TPSA) is 171 Å². The van der Waals surface area contributed by atoms with E-state index in [4.69, 9.17) is 29.8 Å². The lowest BCUT2D eigenvalue weighted by Crippen LogP contribution is -2.17. The van der Waals surface area contributed by atoms with Crippen molar-refractivity contribution < 1.29 is 47.9 Å². The highest BCUT2D eigenvalue weighted by Gasteiger charge is 2.22. The Balaban J connectivity index is 0.000000425. The number of methoxy groups -OCH3 is 4. The van der Waals surface area contributed by atoms with Crippen molar-refractivity contribution in [3.8, 4) is 23.0 Å². The third kappa shape index (κ3) is 36.5. The van der Waals surface area contributed by atoms with Crippen LogP contribution in [0.3, 0.4) is 0 Å². The van der Waals surface area contributed by atoms with Gasteiger partial charge >= 0.3 is 11.9 Å². The number of carbonyl (C=O) groups excluding carboxylic acids is 3. The zero-order chi connectivity index (χ0) is 84.7. The first-order valence-electron chi connectivity index (χ1n) is 38.3. The van der Waals surface area contributed by atoms with Gasteiger partial charge in [-0.05, 0) is 177 Å². The number of carbonyl (C=O) groups is 3. The van der Waals surface area contributed by atoms with Gasteiger partial charge in [0.05, 0.1) is 52.4 Å². The lowest BCUT2D eigenvalue weighted by atomic mass is 9.86. The Bertz CT molecular complexity index is 4140. The Labute approximate surface area is 670 Å². The van der Waals surface area contributed by atoms with Crippen molar-refractivity contribution in [2.24, 2.45) is 12.8 Å². The van der Waals surface area contributed by atoms with E-state index < -0.39 is 0 Å². The molecule has 0 saturated heterocycles. The molecule has 13 heteroatoms. The number of primary amides is 1. The molecule has 0 saturated carbocycles. The van der Waals surface area contributed by atoms with E-state index in [2.05, 4.69) is 287 Å². The van der Waals surface area contributed by atoms with Crippen molar-refractivity contribution >= 4 is 17.8 Å². The molecule has 606 valence electrons. The van der Waals surface area contributed by atoms with Gasteiger partial charge < -0.3 is 39.3 Å². The molecule has 1 aromatic heterocycles. The zero-order valence-corrected chi connectivity index (χ0v) is 73.8. The molecule has 111 heavy (non-hydrogen) atoms. The fraction of sp³-hybridized carbons (Fsp3) is 0.449. The van der Waals surface area contributed by atoms with Crippen LogP contribution in [-0.4, -0.2) is 74.4 Å². The number of aryl methyl sites for hydroxylation is 1. The number of aliphatic hydroxyl groups is 1. The van der Waals surface area contributed by atoms with Gasteiger partial charge in [-0.15, -0.1) is 0 Å². The lowest BCUT2D eigenvalue weighted by molar-refractivity contribution is 0.0591. The first kappa shape index (κ1) is 97.6. The Morgan fingerprint density at radius 3 is 1.07 bits per heavy atom. The summed E-state index contributed by atoms with van der Waals surface area (Å²) in [5.74, 6) is 2.65. The number of aromatic nitrogens is 2. The maximum atomic E-state index is 11.3. The molecule has 0 fully saturated rings. The summed E-state index contributed by atoms with van der Waals surface area (Å²) in [5.41, 5.74) is 20.9. The van der Waals surface area contributed by atoms with Crippen molar-refractivity contribution in [3.63, 3.8) is 0 Å². The Morgan fingerprint density at radius 1 is 0.360 bits per heavy atom. The molecule has 3 N–H and O–H groups in total. The second-order valence-electron chi connectivity index (χ2n) is 36.8. The number of hydrogen-bond acceptors (Lipinski definition) is 11. The maximum Gasteiger partial charge on any atom is 0.337 e. The third-order valence-electron chi connectivity index (χ3n) is 17.8. The normalized spacial score (nSPS) is 11.9. The van der Waals surface area contributed by atoms with Gasteiger partial charge in [0.15, 0.2) is 11.5 Å². The van der Waals surface area contributed by atoms with Crippen molar-refractivity contribution in [2.75, 3.05) is 41.7 Å². The summed E-state index contributed by atoms with van der Waals surface area (Å²) in [5, 5.41) is 13.0. The van der Waals surface area contributed by atoms with Crippen LogP contribution in [-0.2, 0) is 71.9 Å². The summed E-state index contributed by atoms with van der Waals surface area (Å²) in [4.78, 5) is 33.2. The zero-order valence-electron chi connectivity index (χ0n) is 73.8. The van der Waals surface area contributed by atoms with Crippen LogP contribution in [0.1, 0.15) is 274 Å². The number of rotatable bonds is 6. The Morgan fingerprint density at radius 2 is 0.703 bits per heavy atom. The van der Waals surface area contributed by atoms with Gasteiger partial charge in [0, 0.05) is 18.8 Å². The molecule has 1 amide bonds. The van der Waals surface area contributed by atoms with Gasteiger partial charge in [0.2, 0.25) is 5.91 Å². The minimum absolute atomic E-state index is 0.0596. The highest BCUT2D eigenvalue weighted by Crippen LogP contribution is 2.36. The van der Waals surface area contributed by atoms with E-state index in [0.717, 1.165) is 34.1 Å². The highest BCUT2D eigenvalue weighted by atomic mass is 16.6. The fourth-order valence-electron chi connectivity index (χ4n) is 10.2. The number of esters is 2. The number of aliphatic hydroxyl groups excluding tert-OH is 1. The van der Waals surface area contributed by atoms with Crippen LogP contribution in [0.4, 0.5) is 0 Å². The van der Waals surface area contributed by atoms with Crippen LogP contribution in [0.5, 0.6) is 23.0 Å². The summed E-state index contributed by atoms with van der Waals surface area (Å²) in [6, 6.07) is 63.7. The van der Waals surface area contributed by atoms with Gasteiger partial charge in [0.1, 0.15) is 24.7 Å². The molecule has 8 aromatic carbocycles. The first-order chi connectivity index (χ1) is 51.1.